The molecule has 0 saturated carbocycles. The van der Waals surface area contributed by atoms with Crippen molar-refractivity contribution in [3.63, 3.8) is 0 Å². The van der Waals surface area contributed by atoms with Gasteiger partial charge in [0.15, 0.2) is 5.82 Å². The highest BCUT2D eigenvalue weighted by Crippen LogP contribution is 2.30. The van der Waals surface area contributed by atoms with Gasteiger partial charge in [0.05, 0.1) is 11.3 Å². The summed E-state index contributed by atoms with van der Waals surface area (Å²) in [6.45, 7) is 2.07. The summed E-state index contributed by atoms with van der Waals surface area (Å²) >= 11 is 3.37. The number of nitrogens with zero attached hydrogens (tertiary/aromatic N) is 2. The molecule has 0 radical (unpaired) electrons. The Hall–Kier alpha value is -1.36. The zero-order valence-electron chi connectivity index (χ0n) is 8.90. The monoisotopic (exact) mass is 281 g/mol. The lowest BCUT2D eigenvalue weighted by molar-refractivity contribution is 0.422. The Morgan fingerprint density at radius 2 is 2.25 bits per heavy atom. The lowest BCUT2D eigenvalue weighted by Crippen LogP contribution is -1.92. The largest absolute Gasteiger partial charge is 0.397 e. The van der Waals surface area contributed by atoms with E-state index in [2.05, 4.69) is 33.0 Å². The molecule has 0 spiro atoms. The van der Waals surface area contributed by atoms with Gasteiger partial charge in [-0.2, -0.15) is 4.98 Å². The van der Waals surface area contributed by atoms with Crippen molar-refractivity contribution in [3.8, 4) is 11.5 Å². The average molecular weight is 282 g/mol. The first-order valence-electron chi connectivity index (χ1n) is 5.09. The maximum absolute atomic E-state index is 5.92. The predicted molar refractivity (Wildman–Crippen MR) is 65.8 cm³/mol. The van der Waals surface area contributed by atoms with Gasteiger partial charge in [-0.15, -0.1) is 0 Å². The number of halogens is 1. The highest BCUT2D eigenvalue weighted by atomic mass is 79.9. The molecule has 2 N–H and O–H groups in total. The molecule has 16 heavy (non-hydrogen) atoms. The van der Waals surface area contributed by atoms with Crippen molar-refractivity contribution in [2.24, 2.45) is 0 Å². The van der Waals surface area contributed by atoms with Gasteiger partial charge in [0.1, 0.15) is 0 Å². The summed E-state index contributed by atoms with van der Waals surface area (Å²) in [5.74, 6) is 1.19. The minimum Gasteiger partial charge on any atom is -0.397 e. The summed E-state index contributed by atoms with van der Waals surface area (Å²) in [6.07, 6.45) is 1.81. The summed E-state index contributed by atoms with van der Waals surface area (Å²) in [7, 11) is 0. The van der Waals surface area contributed by atoms with Gasteiger partial charge in [0, 0.05) is 10.9 Å². The van der Waals surface area contributed by atoms with E-state index in [-0.39, 0.29) is 0 Å². The van der Waals surface area contributed by atoms with Crippen LogP contribution >= 0.6 is 15.9 Å². The van der Waals surface area contributed by atoms with Crippen LogP contribution in [0.5, 0.6) is 0 Å². The summed E-state index contributed by atoms with van der Waals surface area (Å²) in [4.78, 5) is 4.29. The zero-order valence-corrected chi connectivity index (χ0v) is 10.5. The molecule has 0 amide bonds. The number of hydrogen-bond donors (Lipinski definition) is 1. The number of para-hydroxylation sites is 1. The number of rotatable bonds is 3. The van der Waals surface area contributed by atoms with E-state index in [1.807, 2.05) is 18.2 Å². The third-order valence-electron chi connectivity index (χ3n) is 2.23. The van der Waals surface area contributed by atoms with Gasteiger partial charge >= 0.3 is 0 Å². The van der Waals surface area contributed by atoms with E-state index in [0.29, 0.717) is 11.6 Å². The Labute approximate surface area is 102 Å². The normalized spacial score (nSPS) is 10.6. The fourth-order valence-corrected chi connectivity index (χ4v) is 1.78. The van der Waals surface area contributed by atoms with E-state index in [9.17, 15) is 0 Å². The molecule has 1 heterocycles. The molecular formula is C11H12BrN3O. The molecule has 0 atom stereocenters. The molecule has 0 fully saturated rings. The average Bonchev–Trinajstić information content (AvgIpc) is 2.71. The number of hydrogen-bond acceptors (Lipinski definition) is 4. The van der Waals surface area contributed by atoms with Crippen LogP contribution in [0.4, 0.5) is 5.69 Å². The van der Waals surface area contributed by atoms with Crippen molar-refractivity contribution >= 4 is 21.6 Å². The van der Waals surface area contributed by atoms with Gasteiger partial charge in [-0.1, -0.05) is 18.1 Å². The number of aryl methyl sites for hydroxylation is 1. The fraction of sp³-hybridized carbons (Fsp3) is 0.273. The first kappa shape index (κ1) is 11.1. The van der Waals surface area contributed by atoms with Crippen LogP contribution < -0.4 is 5.73 Å². The van der Waals surface area contributed by atoms with E-state index in [1.54, 1.807) is 0 Å². The third-order valence-corrected chi connectivity index (χ3v) is 2.92. The third kappa shape index (κ3) is 2.09. The molecule has 84 valence electrons. The minimum atomic E-state index is 0.474. The molecule has 0 aliphatic rings. The van der Waals surface area contributed by atoms with Gasteiger partial charge in [0.2, 0.25) is 0 Å². The SMILES string of the molecule is CCCc1noc(-c2cccc(Br)c2N)n1. The number of nitrogen functional groups attached to an aromatic ring is 1. The van der Waals surface area contributed by atoms with Crippen LogP contribution in [-0.2, 0) is 6.42 Å². The van der Waals surface area contributed by atoms with Crippen LogP contribution in [0.15, 0.2) is 27.2 Å². The molecule has 2 aromatic rings. The van der Waals surface area contributed by atoms with Gasteiger partial charge in [0.25, 0.3) is 5.89 Å². The maximum Gasteiger partial charge on any atom is 0.260 e. The lowest BCUT2D eigenvalue weighted by atomic mass is 10.2. The Bertz CT molecular complexity index is 496. The first-order chi connectivity index (χ1) is 7.72. The van der Waals surface area contributed by atoms with Gasteiger partial charge in [-0.3, -0.25) is 0 Å². The lowest BCUT2D eigenvalue weighted by Gasteiger charge is -2.01. The summed E-state index contributed by atoms with van der Waals surface area (Å²) in [5.41, 5.74) is 7.31. The second-order valence-electron chi connectivity index (χ2n) is 3.47. The Morgan fingerprint density at radius 3 is 3.00 bits per heavy atom. The van der Waals surface area contributed by atoms with E-state index >= 15 is 0 Å². The van der Waals surface area contributed by atoms with Crippen molar-refractivity contribution in [3.05, 3.63) is 28.5 Å². The maximum atomic E-state index is 5.92. The molecule has 5 heteroatoms. The minimum absolute atomic E-state index is 0.474. The highest BCUT2D eigenvalue weighted by Gasteiger charge is 2.12. The molecular weight excluding hydrogens is 270 g/mol. The molecule has 0 aliphatic heterocycles. The summed E-state index contributed by atoms with van der Waals surface area (Å²) in [5, 5.41) is 3.90. The second kappa shape index (κ2) is 4.65. The molecule has 0 bridgehead atoms. The summed E-state index contributed by atoms with van der Waals surface area (Å²) in [6, 6.07) is 5.63. The Balaban J connectivity index is 2.39. The second-order valence-corrected chi connectivity index (χ2v) is 4.32. The van der Waals surface area contributed by atoms with Crippen LogP contribution in [-0.4, -0.2) is 10.1 Å². The van der Waals surface area contributed by atoms with Crippen LogP contribution in [0.1, 0.15) is 19.2 Å². The van der Waals surface area contributed by atoms with E-state index in [1.165, 1.54) is 0 Å². The van der Waals surface area contributed by atoms with Crippen molar-refractivity contribution in [2.75, 3.05) is 5.73 Å². The molecule has 0 aliphatic carbocycles. The summed E-state index contributed by atoms with van der Waals surface area (Å²) < 4.78 is 6.01. The fourth-order valence-electron chi connectivity index (χ4n) is 1.41. The first-order valence-corrected chi connectivity index (χ1v) is 5.88. The van der Waals surface area contributed by atoms with Gasteiger partial charge in [-0.05, 0) is 34.5 Å². The number of benzene rings is 1. The molecule has 4 nitrogen and oxygen atoms in total. The standard InChI is InChI=1S/C11H12BrN3O/c1-2-4-9-14-11(16-15-9)7-5-3-6-8(12)10(7)13/h3,5-6H,2,4,13H2,1H3. The van der Waals surface area contributed by atoms with E-state index in [0.717, 1.165) is 28.7 Å². The van der Waals surface area contributed by atoms with Gasteiger partial charge < -0.3 is 10.3 Å². The van der Waals surface area contributed by atoms with Crippen molar-refractivity contribution in [1.82, 2.24) is 10.1 Å². The number of nitrogens with two attached hydrogens (primary N) is 1. The Kier molecular flexibility index (Phi) is 3.24. The predicted octanol–water partition coefficient (Wildman–Crippen LogP) is 3.03. The molecule has 0 saturated heterocycles. The number of anilines is 1. The smallest absolute Gasteiger partial charge is 0.260 e. The van der Waals surface area contributed by atoms with Crippen LogP contribution in [0.2, 0.25) is 0 Å². The zero-order chi connectivity index (χ0) is 11.5. The topological polar surface area (TPSA) is 64.9 Å². The van der Waals surface area contributed by atoms with Crippen LogP contribution in [0.25, 0.3) is 11.5 Å². The molecule has 1 aromatic heterocycles. The van der Waals surface area contributed by atoms with Crippen molar-refractivity contribution < 1.29 is 4.52 Å². The molecule has 2 rings (SSSR count). The van der Waals surface area contributed by atoms with Crippen LogP contribution in [0.3, 0.4) is 0 Å². The molecule has 1 aromatic carbocycles. The van der Waals surface area contributed by atoms with Crippen molar-refractivity contribution in [1.29, 1.82) is 0 Å². The van der Waals surface area contributed by atoms with E-state index < -0.39 is 0 Å². The van der Waals surface area contributed by atoms with Gasteiger partial charge in [-0.25, -0.2) is 0 Å². The quantitative estimate of drug-likeness (QED) is 0.879. The Morgan fingerprint density at radius 1 is 1.44 bits per heavy atom. The van der Waals surface area contributed by atoms with Crippen LogP contribution in [0, 0.1) is 0 Å². The molecule has 0 unspecified atom stereocenters. The number of aromatic nitrogens is 2. The highest BCUT2D eigenvalue weighted by molar-refractivity contribution is 9.10. The van der Waals surface area contributed by atoms with Crippen molar-refractivity contribution in [2.45, 2.75) is 19.8 Å². The van der Waals surface area contributed by atoms with E-state index in [4.69, 9.17) is 10.3 Å².